The Bertz CT molecular complexity index is 656. The Kier molecular flexibility index (Phi) is 2.98. The molecule has 3 rings (SSSR count). The van der Waals surface area contributed by atoms with Crippen molar-refractivity contribution in [1.82, 2.24) is 0 Å². The van der Waals surface area contributed by atoms with Crippen LogP contribution >= 0.6 is 0 Å². The van der Waals surface area contributed by atoms with E-state index in [0.717, 1.165) is 5.56 Å². The van der Waals surface area contributed by atoms with Gasteiger partial charge < -0.3 is 15.1 Å². The standard InChI is InChI=1S/C13H15NO5S/c15-12-7-20(18,19)6-11(12)14-9-4-2-1-3-8(9)5-10(14)13(16)17/h1-4,10-12,15H,5-7H2,(H,16,17). The van der Waals surface area contributed by atoms with Crippen LogP contribution in [-0.4, -0.2) is 54.3 Å². The summed E-state index contributed by atoms with van der Waals surface area (Å²) in [7, 11) is -3.32. The van der Waals surface area contributed by atoms with Crippen LogP contribution in [0.15, 0.2) is 24.3 Å². The molecule has 0 aromatic heterocycles. The third kappa shape index (κ3) is 2.06. The van der Waals surface area contributed by atoms with Crippen molar-refractivity contribution in [3.63, 3.8) is 0 Å². The first-order chi connectivity index (χ1) is 9.39. The number of aliphatic hydroxyl groups is 1. The fraction of sp³-hybridized carbons (Fsp3) is 0.462. The lowest BCUT2D eigenvalue weighted by Gasteiger charge is -2.32. The minimum atomic E-state index is -3.32. The van der Waals surface area contributed by atoms with Crippen LogP contribution in [0.25, 0.3) is 0 Å². The summed E-state index contributed by atoms with van der Waals surface area (Å²) in [6.07, 6.45) is -0.720. The number of carbonyl (C=O) groups is 1. The van der Waals surface area contributed by atoms with Crippen molar-refractivity contribution in [3.05, 3.63) is 29.8 Å². The van der Waals surface area contributed by atoms with Gasteiger partial charge in [-0.15, -0.1) is 0 Å². The quantitative estimate of drug-likeness (QED) is 0.775. The summed E-state index contributed by atoms with van der Waals surface area (Å²) >= 11 is 0. The van der Waals surface area contributed by atoms with Gasteiger partial charge in [-0.05, 0) is 11.6 Å². The van der Waals surface area contributed by atoms with Gasteiger partial charge in [0.1, 0.15) is 6.04 Å². The van der Waals surface area contributed by atoms with Gasteiger partial charge in [-0.1, -0.05) is 18.2 Å². The second-order valence-corrected chi connectivity index (χ2v) is 7.46. The van der Waals surface area contributed by atoms with E-state index in [-0.39, 0.29) is 11.5 Å². The Balaban J connectivity index is 2.03. The number of carboxylic acids is 1. The number of benzene rings is 1. The van der Waals surface area contributed by atoms with Gasteiger partial charge in [0, 0.05) is 12.1 Å². The topological polar surface area (TPSA) is 94.9 Å². The molecule has 0 spiro atoms. The SMILES string of the molecule is O=C(O)C1Cc2ccccc2N1C1CS(=O)(=O)CC1O. The molecule has 0 aliphatic carbocycles. The smallest absolute Gasteiger partial charge is 0.326 e. The number of hydrogen-bond acceptors (Lipinski definition) is 5. The van der Waals surface area contributed by atoms with Gasteiger partial charge in [0.25, 0.3) is 0 Å². The monoisotopic (exact) mass is 297 g/mol. The molecule has 0 bridgehead atoms. The summed E-state index contributed by atoms with van der Waals surface area (Å²) in [6, 6.07) is 5.71. The van der Waals surface area contributed by atoms with Crippen LogP contribution in [0.5, 0.6) is 0 Å². The molecular formula is C13H15NO5S. The van der Waals surface area contributed by atoms with Crippen molar-refractivity contribution in [3.8, 4) is 0 Å². The van der Waals surface area contributed by atoms with Crippen molar-refractivity contribution in [1.29, 1.82) is 0 Å². The number of nitrogens with zero attached hydrogens (tertiary/aromatic N) is 1. The van der Waals surface area contributed by atoms with Crippen molar-refractivity contribution < 1.29 is 23.4 Å². The summed E-state index contributed by atoms with van der Waals surface area (Å²) < 4.78 is 23.3. The number of anilines is 1. The van der Waals surface area contributed by atoms with Gasteiger partial charge in [0.15, 0.2) is 9.84 Å². The van der Waals surface area contributed by atoms with E-state index >= 15 is 0 Å². The lowest BCUT2D eigenvalue weighted by atomic mass is 10.1. The van der Waals surface area contributed by atoms with Crippen LogP contribution in [0.3, 0.4) is 0 Å². The molecule has 2 aliphatic heterocycles. The van der Waals surface area contributed by atoms with Crippen molar-refractivity contribution in [2.45, 2.75) is 24.6 Å². The molecule has 2 heterocycles. The van der Waals surface area contributed by atoms with E-state index in [4.69, 9.17) is 0 Å². The van der Waals surface area contributed by atoms with Crippen molar-refractivity contribution in [2.24, 2.45) is 0 Å². The zero-order chi connectivity index (χ0) is 14.5. The first kappa shape index (κ1) is 13.4. The van der Waals surface area contributed by atoms with E-state index in [9.17, 15) is 23.4 Å². The molecule has 6 nitrogen and oxygen atoms in total. The number of hydrogen-bond donors (Lipinski definition) is 2. The van der Waals surface area contributed by atoms with Gasteiger partial charge in [0.05, 0.1) is 23.7 Å². The Labute approximate surface area is 116 Å². The van der Waals surface area contributed by atoms with E-state index < -0.39 is 34.0 Å². The number of fused-ring (bicyclic) bond motifs is 1. The van der Waals surface area contributed by atoms with Gasteiger partial charge >= 0.3 is 5.97 Å². The molecule has 1 saturated heterocycles. The first-order valence-corrected chi connectivity index (χ1v) is 8.19. The summed E-state index contributed by atoms with van der Waals surface area (Å²) in [6.45, 7) is 0. The average Bonchev–Trinajstić information content (AvgIpc) is 2.86. The van der Waals surface area contributed by atoms with Crippen LogP contribution in [-0.2, 0) is 21.1 Å². The van der Waals surface area contributed by atoms with Crippen LogP contribution < -0.4 is 4.90 Å². The van der Waals surface area contributed by atoms with Gasteiger partial charge in [0.2, 0.25) is 0 Å². The minimum absolute atomic E-state index is 0.202. The highest BCUT2D eigenvalue weighted by Gasteiger charge is 2.46. The zero-order valence-electron chi connectivity index (χ0n) is 10.6. The highest BCUT2D eigenvalue weighted by atomic mass is 32.2. The molecule has 3 atom stereocenters. The number of carboxylic acid groups (broad SMARTS) is 1. The number of rotatable bonds is 2. The molecule has 0 radical (unpaired) electrons. The molecule has 7 heteroatoms. The molecule has 20 heavy (non-hydrogen) atoms. The van der Waals surface area contributed by atoms with Gasteiger partial charge in [-0.3, -0.25) is 0 Å². The second kappa shape index (κ2) is 4.46. The van der Waals surface area contributed by atoms with Crippen molar-refractivity contribution in [2.75, 3.05) is 16.4 Å². The lowest BCUT2D eigenvalue weighted by Crippen LogP contribution is -2.50. The number of para-hydroxylation sites is 1. The minimum Gasteiger partial charge on any atom is -0.480 e. The Morgan fingerprint density at radius 1 is 1.25 bits per heavy atom. The molecule has 1 aromatic rings. The molecular weight excluding hydrogens is 282 g/mol. The number of aliphatic hydroxyl groups excluding tert-OH is 1. The third-order valence-corrected chi connectivity index (χ3v) is 5.65. The average molecular weight is 297 g/mol. The number of aliphatic carboxylic acids is 1. The maximum Gasteiger partial charge on any atom is 0.326 e. The molecule has 0 amide bonds. The van der Waals surface area contributed by atoms with Crippen LogP contribution in [0.1, 0.15) is 5.56 Å². The largest absolute Gasteiger partial charge is 0.480 e. The highest BCUT2D eigenvalue weighted by Crippen LogP contribution is 2.36. The van der Waals surface area contributed by atoms with Crippen LogP contribution in [0.4, 0.5) is 5.69 Å². The highest BCUT2D eigenvalue weighted by molar-refractivity contribution is 7.91. The van der Waals surface area contributed by atoms with E-state index in [2.05, 4.69) is 0 Å². The summed E-state index contributed by atoms with van der Waals surface area (Å²) in [5.41, 5.74) is 1.58. The van der Waals surface area contributed by atoms with E-state index in [1.165, 1.54) is 0 Å². The molecule has 108 valence electrons. The zero-order valence-corrected chi connectivity index (χ0v) is 11.5. The van der Waals surface area contributed by atoms with E-state index in [1.54, 1.807) is 17.0 Å². The molecule has 0 saturated carbocycles. The van der Waals surface area contributed by atoms with Gasteiger partial charge in [-0.25, -0.2) is 13.2 Å². The maximum atomic E-state index is 11.7. The fourth-order valence-electron chi connectivity index (χ4n) is 3.10. The van der Waals surface area contributed by atoms with Gasteiger partial charge in [-0.2, -0.15) is 0 Å². The summed E-state index contributed by atoms with van der Waals surface area (Å²) in [5.74, 6) is -1.51. The molecule has 1 fully saturated rings. The Morgan fingerprint density at radius 2 is 1.95 bits per heavy atom. The fourth-order valence-corrected chi connectivity index (χ4v) is 4.88. The number of sulfone groups is 1. The second-order valence-electron chi connectivity index (χ2n) is 5.31. The predicted molar refractivity (Wildman–Crippen MR) is 72.5 cm³/mol. The van der Waals surface area contributed by atoms with Crippen LogP contribution in [0, 0.1) is 0 Å². The van der Waals surface area contributed by atoms with E-state index in [1.807, 2.05) is 12.1 Å². The Morgan fingerprint density at radius 3 is 2.55 bits per heavy atom. The molecule has 2 aliphatic rings. The third-order valence-electron chi connectivity index (χ3n) is 3.95. The molecule has 1 aromatic carbocycles. The van der Waals surface area contributed by atoms with Crippen LogP contribution in [0.2, 0.25) is 0 Å². The summed E-state index contributed by atoms with van der Waals surface area (Å²) in [4.78, 5) is 13.0. The molecule has 3 unspecified atom stereocenters. The normalized spacial score (nSPS) is 31.2. The summed E-state index contributed by atoms with van der Waals surface area (Å²) in [5, 5.41) is 19.4. The first-order valence-electron chi connectivity index (χ1n) is 6.36. The van der Waals surface area contributed by atoms with E-state index in [0.29, 0.717) is 12.1 Å². The molecule has 2 N–H and O–H groups in total. The van der Waals surface area contributed by atoms with Crippen molar-refractivity contribution >= 4 is 21.5 Å². The maximum absolute atomic E-state index is 11.7. The predicted octanol–water partition coefficient (Wildman–Crippen LogP) is -0.340. The Hall–Kier alpha value is -1.60. The lowest BCUT2D eigenvalue weighted by molar-refractivity contribution is -0.138.